The Balaban J connectivity index is 2.79. The van der Waals surface area contributed by atoms with E-state index in [9.17, 15) is 4.79 Å². The Labute approximate surface area is 57.5 Å². The smallest absolute Gasteiger partial charge is 0.211 e. The molecule has 0 spiro atoms. The number of carbonyl (C=O) groups excluding carboxylic acids is 1. The average molecular weight is 141 g/mol. The SMILES string of the molecule is O=CNc1cocc1CO. The fourth-order valence-corrected chi connectivity index (χ4v) is 0.636. The molecule has 1 heterocycles. The molecule has 1 aromatic rings. The second-order valence-electron chi connectivity index (χ2n) is 1.73. The van der Waals surface area contributed by atoms with Crippen LogP contribution in [0.1, 0.15) is 5.56 Å². The number of aliphatic hydroxyl groups excluding tert-OH is 1. The summed E-state index contributed by atoms with van der Waals surface area (Å²) in [4.78, 5) is 9.91. The number of amides is 1. The van der Waals surface area contributed by atoms with E-state index in [4.69, 9.17) is 9.52 Å². The lowest BCUT2D eigenvalue weighted by Gasteiger charge is -1.93. The molecule has 1 aromatic heterocycles. The number of hydrogen-bond acceptors (Lipinski definition) is 3. The summed E-state index contributed by atoms with van der Waals surface area (Å²) >= 11 is 0. The first-order chi connectivity index (χ1) is 4.88. The minimum absolute atomic E-state index is 0.132. The van der Waals surface area contributed by atoms with Crippen LogP contribution in [0.15, 0.2) is 16.9 Å². The van der Waals surface area contributed by atoms with Gasteiger partial charge in [-0.15, -0.1) is 0 Å². The van der Waals surface area contributed by atoms with Crippen LogP contribution in [0.4, 0.5) is 5.69 Å². The van der Waals surface area contributed by atoms with Crippen LogP contribution in [0.2, 0.25) is 0 Å². The molecular formula is C6H7NO3. The molecule has 2 N–H and O–H groups in total. The third-order valence-corrected chi connectivity index (χ3v) is 1.13. The Morgan fingerprint density at radius 3 is 3.10 bits per heavy atom. The van der Waals surface area contributed by atoms with Gasteiger partial charge in [0.25, 0.3) is 0 Å². The van der Waals surface area contributed by atoms with Gasteiger partial charge in [0.2, 0.25) is 6.41 Å². The Morgan fingerprint density at radius 2 is 2.50 bits per heavy atom. The van der Waals surface area contributed by atoms with Crippen LogP contribution >= 0.6 is 0 Å². The van der Waals surface area contributed by atoms with E-state index in [-0.39, 0.29) is 6.61 Å². The summed E-state index contributed by atoms with van der Waals surface area (Å²) in [6.45, 7) is -0.132. The van der Waals surface area contributed by atoms with Crippen molar-refractivity contribution in [3.8, 4) is 0 Å². The highest BCUT2D eigenvalue weighted by Gasteiger charge is 2.00. The number of hydrogen-bond donors (Lipinski definition) is 2. The zero-order valence-electron chi connectivity index (χ0n) is 5.20. The van der Waals surface area contributed by atoms with E-state index in [1.165, 1.54) is 12.5 Å². The molecule has 0 aliphatic rings. The van der Waals surface area contributed by atoms with Crippen LogP contribution < -0.4 is 5.32 Å². The first-order valence-electron chi connectivity index (χ1n) is 2.74. The number of furan rings is 1. The molecule has 0 radical (unpaired) electrons. The van der Waals surface area contributed by atoms with Crippen molar-refractivity contribution < 1.29 is 14.3 Å². The summed E-state index contributed by atoms with van der Waals surface area (Å²) in [5, 5.41) is 11.0. The second-order valence-corrected chi connectivity index (χ2v) is 1.73. The maximum atomic E-state index is 9.91. The van der Waals surface area contributed by atoms with Crippen LogP contribution in [0.3, 0.4) is 0 Å². The highest BCUT2D eigenvalue weighted by Crippen LogP contribution is 2.14. The van der Waals surface area contributed by atoms with E-state index in [2.05, 4.69) is 5.32 Å². The van der Waals surface area contributed by atoms with E-state index < -0.39 is 0 Å². The Kier molecular flexibility index (Phi) is 2.07. The van der Waals surface area contributed by atoms with Gasteiger partial charge in [-0.2, -0.15) is 0 Å². The molecule has 0 atom stereocenters. The van der Waals surface area contributed by atoms with Gasteiger partial charge in [-0.3, -0.25) is 4.79 Å². The topological polar surface area (TPSA) is 62.5 Å². The first-order valence-corrected chi connectivity index (χ1v) is 2.74. The van der Waals surface area contributed by atoms with Gasteiger partial charge in [-0.05, 0) is 0 Å². The van der Waals surface area contributed by atoms with Gasteiger partial charge in [0, 0.05) is 5.56 Å². The van der Waals surface area contributed by atoms with Crippen LogP contribution in [-0.2, 0) is 11.4 Å². The molecule has 1 amide bonds. The molecular weight excluding hydrogens is 134 g/mol. The minimum Gasteiger partial charge on any atom is -0.470 e. The quantitative estimate of drug-likeness (QED) is 0.596. The van der Waals surface area contributed by atoms with Gasteiger partial charge in [0.15, 0.2) is 0 Å². The van der Waals surface area contributed by atoms with Gasteiger partial charge in [0.05, 0.1) is 18.6 Å². The fourth-order valence-electron chi connectivity index (χ4n) is 0.636. The Hall–Kier alpha value is -1.29. The molecule has 0 aromatic carbocycles. The molecule has 0 bridgehead atoms. The minimum atomic E-state index is -0.132. The molecule has 0 unspecified atom stereocenters. The van der Waals surface area contributed by atoms with Crippen molar-refractivity contribution in [2.75, 3.05) is 5.32 Å². The number of nitrogens with one attached hydrogen (secondary N) is 1. The highest BCUT2D eigenvalue weighted by atomic mass is 16.3. The van der Waals surface area contributed by atoms with Crippen molar-refractivity contribution in [2.24, 2.45) is 0 Å². The Bertz CT molecular complexity index is 219. The van der Waals surface area contributed by atoms with Crippen LogP contribution in [-0.4, -0.2) is 11.5 Å². The van der Waals surface area contributed by atoms with Crippen molar-refractivity contribution in [3.63, 3.8) is 0 Å². The lowest BCUT2D eigenvalue weighted by atomic mass is 10.3. The third-order valence-electron chi connectivity index (χ3n) is 1.13. The van der Waals surface area contributed by atoms with Gasteiger partial charge in [-0.25, -0.2) is 0 Å². The zero-order valence-corrected chi connectivity index (χ0v) is 5.20. The molecule has 4 heteroatoms. The van der Waals surface area contributed by atoms with Gasteiger partial charge < -0.3 is 14.8 Å². The van der Waals surface area contributed by atoms with E-state index >= 15 is 0 Å². The average Bonchev–Trinajstić information content (AvgIpc) is 2.36. The molecule has 4 nitrogen and oxygen atoms in total. The van der Waals surface area contributed by atoms with Gasteiger partial charge in [-0.1, -0.05) is 0 Å². The fraction of sp³-hybridized carbons (Fsp3) is 0.167. The number of aliphatic hydroxyl groups is 1. The van der Waals surface area contributed by atoms with Gasteiger partial charge >= 0.3 is 0 Å². The van der Waals surface area contributed by atoms with Crippen molar-refractivity contribution >= 4 is 12.1 Å². The molecule has 1 rings (SSSR count). The van der Waals surface area contributed by atoms with Crippen molar-refractivity contribution in [2.45, 2.75) is 6.61 Å². The largest absolute Gasteiger partial charge is 0.470 e. The molecule has 0 aliphatic carbocycles. The first kappa shape index (κ1) is 6.82. The lowest BCUT2D eigenvalue weighted by molar-refractivity contribution is -0.105. The summed E-state index contributed by atoms with van der Waals surface area (Å²) < 4.78 is 4.71. The molecule has 54 valence electrons. The van der Waals surface area contributed by atoms with E-state index in [1.807, 2.05) is 0 Å². The second kappa shape index (κ2) is 3.03. The molecule has 10 heavy (non-hydrogen) atoms. The van der Waals surface area contributed by atoms with Crippen LogP contribution in [0.5, 0.6) is 0 Å². The van der Waals surface area contributed by atoms with Crippen LogP contribution in [0, 0.1) is 0 Å². The standard InChI is InChI=1S/C6H7NO3/c8-1-5-2-10-3-6(5)7-4-9/h2-4,8H,1H2,(H,7,9). The van der Waals surface area contributed by atoms with E-state index in [1.54, 1.807) is 0 Å². The lowest BCUT2D eigenvalue weighted by Crippen LogP contribution is -1.94. The third kappa shape index (κ3) is 1.16. The van der Waals surface area contributed by atoms with Gasteiger partial charge in [0.1, 0.15) is 6.26 Å². The molecule has 0 saturated heterocycles. The predicted octanol–water partition coefficient (Wildman–Crippen LogP) is 0.340. The van der Waals surface area contributed by atoms with E-state index in [0.29, 0.717) is 17.7 Å². The summed E-state index contributed by atoms with van der Waals surface area (Å²) in [6.07, 6.45) is 3.27. The highest BCUT2D eigenvalue weighted by molar-refractivity contribution is 5.72. The monoisotopic (exact) mass is 141 g/mol. The molecule has 0 saturated carbocycles. The summed E-state index contributed by atoms with van der Waals surface area (Å²) in [5.41, 5.74) is 1.09. The predicted molar refractivity (Wildman–Crippen MR) is 34.3 cm³/mol. The van der Waals surface area contributed by atoms with E-state index in [0.717, 1.165) is 0 Å². The van der Waals surface area contributed by atoms with Crippen molar-refractivity contribution in [1.82, 2.24) is 0 Å². The normalized spacial score (nSPS) is 9.30. The van der Waals surface area contributed by atoms with Crippen molar-refractivity contribution in [1.29, 1.82) is 0 Å². The number of anilines is 1. The summed E-state index contributed by atoms with van der Waals surface area (Å²) in [5.74, 6) is 0. The molecule has 0 aliphatic heterocycles. The molecule has 0 fully saturated rings. The summed E-state index contributed by atoms with van der Waals surface area (Å²) in [6, 6.07) is 0. The maximum Gasteiger partial charge on any atom is 0.211 e. The van der Waals surface area contributed by atoms with Crippen LogP contribution in [0.25, 0.3) is 0 Å². The zero-order chi connectivity index (χ0) is 7.40. The van der Waals surface area contributed by atoms with Crippen molar-refractivity contribution in [3.05, 3.63) is 18.1 Å². The maximum absolute atomic E-state index is 9.91. The number of carbonyl (C=O) groups is 1. The summed E-state index contributed by atoms with van der Waals surface area (Å²) in [7, 11) is 0. The number of rotatable bonds is 3. The Morgan fingerprint density at radius 1 is 1.70 bits per heavy atom.